The Morgan fingerprint density at radius 3 is 2.76 bits per heavy atom. The van der Waals surface area contributed by atoms with E-state index in [4.69, 9.17) is 0 Å². The van der Waals surface area contributed by atoms with Crippen molar-refractivity contribution in [2.45, 2.75) is 19.4 Å². The first-order valence-electron chi connectivity index (χ1n) is 5.28. The zero-order chi connectivity index (χ0) is 12.3. The van der Waals surface area contributed by atoms with Gasteiger partial charge >= 0.3 is 0 Å². The largest absolute Gasteiger partial charge is 0.748 e. The lowest BCUT2D eigenvalue weighted by atomic mass is 10.3. The third kappa shape index (κ3) is 3.24. The number of hydrogen-bond donors (Lipinski definition) is 0. The van der Waals surface area contributed by atoms with E-state index in [0.29, 0.717) is 19.4 Å². The Morgan fingerprint density at radius 1 is 1.24 bits per heavy atom. The van der Waals surface area contributed by atoms with Crippen molar-refractivity contribution in [1.82, 2.24) is 15.0 Å². The summed E-state index contributed by atoms with van der Waals surface area (Å²) in [5.41, 5.74) is 1.72. The molecule has 0 spiro atoms. The monoisotopic (exact) mass is 254 g/mol. The molecular formula is C10H12N3O3S-. The van der Waals surface area contributed by atoms with Crippen LogP contribution in [-0.4, -0.2) is 33.7 Å². The molecule has 0 amide bonds. The molecule has 2 aromatic rings. The fourth-order valence-electron chi connectivity index (χ4n) is 1.62. The van der Waals surface area contributed by atoms with Crippen LogP contribution in [-0.2, 0) is 16.7 Å². The quantitative estimate of drug-likeness (QED) is 0.580. The molecule has 0 atom stereocenters. The lowest BCUT2D eigenvalue weighted by molar-refractivity contribution is 0.458. The van der Waals surface area contributed by atoms with Crippen LogP contribution in [0.1, 0.15) is 12.8 Å². The highest BCUT2D eigenvalue weighted by Crippen LogP contribution is 2.10. The van der Waals surface area contributed by atoms with Gasteiger partial charge in [-0.2, -0.15) is 0 Å². The van der Waals surface area contributed by atoms with E-state index in [1.165, 1.54) is 0 Å². The molecule has 0 fully saturated rings. The number of nitrogens with zero attached hydrogens (tertiary/aromatic N) is 3. The Kier molecular flexibility index (Phi) is 3.39. The van der Waals surface area contributed by atoms with E-state index in [2.05, 4.69) is 10.3 Å². The van der Waals surface area contributed by atoms with Gasteiger partial charge in [0.15, 0.2) is 0 Å². The molecular weight excluding hydrogens is 242 g/mol. The second-order valence-corrected chi connectivity index (χ2v) is 5.29. The fourth-order valence-corrected chi connectivity index (χ4v) is 2.18. The number of aryl methyl sites for hydroxylation is 1. The molecule has 2 rings (SSSR count). The number of benzene rings is 1. The highest BCUT2D eigenvalue weighted by atomic mass is 32.2. The Bertz CT molecular complexity index is 606. The Balaban J connectivity index is 1.96. The fraction of sp³-hybridized carbons (Fsp3) is 0.400. The third-order valence-corrected chi connectivity index (χ3v) is 3.22. The van der Waals surface area contributed by atoms with Crippen molar-refractivity contribution in [2.75, 3.05) is 5.75 Å². The van der Waals surface area contributed by atoms with Gasteiger partial charge in [-0.15, -0.1) is 5.10 Å². The van der Waals surface area contributed by atoms with Gasteiger partial charge in [0.05, 0.1) is 15.6 Å². The summed E-state index contributed by atoms with van der Waals surface area (Å²) in [5, 5.41) is 7.95. The summed E-state index contributed by atoms with van der Waals surface area (Å²) in [4.78, 5) is 0. The van der Waals surface area contributed by atoms with E-state index in [-0.39, 0.29) is 5.75 Å². The number of unbranched alkanes of at least 4 members (excludes halogenated alkanes) is 1. The van der Waals surface area contributed by atoms with Gasteiger partial charge in [0.2, 0.25) is 0 Å². The van der Waals surface area contributed by atoms with Crippen LogP contribution in [0.2, 0.25) is 0 Å². The Hall–Kier alpha value is -1.47. The lowest BCUT2D eigenvalue weighted by Gasteiger charge is -2.06. The second-order valence-electron chi connectivity index (χ2n) is 3.77. The van der Waals surface area contributed by atoms with E-state index in [9.17, 15) is 13.0 Å². The SMILES string of the molecule is O=S(=O)([O-])CCCCn1nnc2ccccc21. The molecule has 0 aliphatic heterocycles. The first-order valence-corrected chi connectivity index (χ1v) is 6.86. The molecule has 0 radical (unpaired) electrons. The van der Waals surface area contributed by atoms with Gasteiger partial charge < -0.3 is 4.55 Å². The van der Waals surface area contributed by atoms with Gasteiger partial charge in [-0.25, -0.2) is 13.1 Å². The van der Waals surface area contributed by atoms with Crippen LogP contribution in [0, 0.1) is 0 Å². The molecule has 6 nitrogen and oxygen atoms in total. The van der Waals surface area contributed by atoms with Crippen molar-refractivity contribution in [3.63, 3.8) is 0 Å². The second kappa shape index (κ2) is 4.80. The summed E-state index contributed by atoms with van der Waals surface area (Å²) in [7, 11) is -4.10. The van der Waals surface area contributed by atoms with Crippen molar-refractivity contribution in [2.24, 2.45) is 0 Å². The topological polar surface area (TPSA) is 87.9 Å². The minimum absolute atomic E-state index is 0.320. The highest BCUT2D eigenvalue weighted by molar-refractivity contribution is 7.85. The van der Waals surface area contributed by atoms with Gasteiger partial charge in [-0.05, 0) is 25.0 Å². The van der Waals surface area contributed by atoms with Crippen LogP contribution in [0.4, 0.5) is 0 Å². The van der Waals surface area contributed by atoms with Gasteiger partial charge in [0, 0.05) is 12.3 Å². The predicted molar refractivity (Wildman–Crippen MR) is 61.3 cm³/mol. The molecule has 0 N–H and O–H groups in total. The zero-order valence-corrected chi connectivity index (χ0v) is 9.93. The predicted octanol–water partition coefficient (Wildman–Crippen LogP) is 0.757. The first kappa shape index (κ1) is 12.0. The third-order valence-electron chi connectivity index (χ3n) is 2.43. The van der Waals surface area contributed by atoms with E-state index >= 15 is 0 Å². The van der Waals surface area contributed by atoms with Gasteiger partial charge in [-0.3, -0.25) is 0 Å². The molecule has 0 unspecified atom stereocenters. The minimum atomic E-state index is -4.10. The van der Waals surface area contributed by atoms with Crippen molar-refractivity contribution in [3.8, 4) is 0 Å². The number of aromatic nitrogens is 3. The Labute approximate surface area is 99.0 Å². The maximum Gasteiger partial charge on any atom is 0.113 e. The molecule has 92 valence electrons. The number of fused-ring (bicyclic) bond motifs is 1. The summed E-state index contributed by atoms with van der Waals surface area (Å²) in [6.07, 6.45) is 0.939. The lowest BCUT2D eigenvalue weighted by Crippen LogP contribution is -2.06. The number of para-hydroxylation sites is 1. The van der Waals surface area contributed by atoms with Crippen LogP contribution in [0.5, 0.6) is 0 Å². The van der Waals surface area contributed by atoms with Crippen molar-refractivity contribution in [3.05, 3.63) is 24.3 Å². The highest BCUT2D eigenvalue weighted by Gasteiger charge is 2.03. The molecule has 0 aliphatic rings. The van der Waals surface area contributed by atoms with E-state index in [1.54, 1.807) is 4.68 Å². The average molecular weight is 254 g/mol. The average Bonchev–Trinajstić information content (AvgIpc) is 2.67. The van der Waals surface area contributed by atoms with Crippen LogP contribution < -0.4 is 0 Å². The minimum Gasteiger partial charge on any atom is -0.748 e. The summed E-state index contributed by atoms with van der Waals surface area (Å²) in [5.74, 6) is -0.320. The van der Waals surface area contributed by atoms with Crippen molar-refractivity contribution < 1.29 is 13.0 Å². The smallest absolute Gasteiger partial charge is 0.113 e. The van der Waals surface area contributed by atoms with E-state index < -0.39 is 10.1 Å². The molecule has 0 aliphatic carbocycles. The summed E-state index contributed by atoms with van der Waals surface area (Å²) >= 11 is 0. The Morgan fingerprint density at radius 2 is 2.00 bits per heavy atom. The maximum atomic E-state index is 10.4. The van der Waals surface area contributed by atoms with Crippen LogP contribution in [0.3, 0.4) is 0 Å². The summed E-state index contributed by atoms with van der Waals surface area (Å²) < 4.78 is 33.0. The molecule has 0 bridgehead atoms. The normalized spacial score (nSPS) is 12.1. The van der Waals surface area contributed by atoms with Gasteiger partial charge in [0.1, 0.15) is 5.52 Å². The first-order chi connectivity index (χ1) is 8.06. The molecule has 1 aromatic carbocycles. The summed E-state index contributed by atoms with van der Waals surface area (Å²) in [6, 6.07) is 7.54. The molecule has 7 heteroatoms. The molecule has 17 heavy (non-hydrogen) atoms. The standard InChI is InChI=1S/C10H13N3O3S/c14-17(15,16)8-4-3-7-13-10-6-2-1-5-9(10)11-12-13/h1-2,5-6H,3-4,7-8H2,(H,14,15,16)/p-1. The number of rotatable bonds is 5. The number of hydrogen-bond acceptors (Lipinski definition) is 5. The van der Waals surface area contributed by atoms with Crippen molar-refractivity contribution in [1.29, 1.82) is 0 Å². The van der Waals surface area contributed by atoms with Crippen LogP contribution in [0.15, 0.2) is 24.3 Å². The van der Waals surface area contributed by atoms with Crippen LogP contribution >= 0.6 is 0 Å². The molecule has 1 heterocycles. The van der Waals surface area contributed by atoms with Crippen LogP contribution in [0.25, 0.3) is 11.0 Å². The molecule has 0 saturated heterocycles. The van der Waals surface area contributed by atoms with Crippen molar-refractivity contribution >= 4 is 21.2 Å². The maximum absolute atomic E-state index is 10.4. The van der Waals surface area contributed by atoms with Gasteiger partial charge in [0.25, 0.3) is 0 Å². The van der Waals surface area contributed by atoms with Gasteiger partial charge in [-0.1, -0.05) is 17.3 Å². The molecule has 0 saturated carbocycles. The van der Waals surface area contributed by atoms with E-state index in [1.807, 2.05) is 24.3 Å². The molecule has 1 aromatic heterocycles. The summed E-state index contributed by atoms with van der Waals surface area (Å²) in [6.45, 7) is 0.566. The zero-order valence-electron chi connectivity index (χ0n) is 9.11. The van der Waals surface area contributed by atoms with E-state index in [0.717, 1.165) is 11.0 Å².